The normalized spacial score (nSPS) is 13.9. The fourth-order valence-corrected chi connectivity index (χ4v) is 1.24. The van der Waals surface area contributed by atoms with E-state index < -0.39 is 17.6 Å². The smallest absolute Gasteiger partial charge is 0.407 e. The Hall–Kier alpha value is -1.10. The number of rotatable bonds is 4. The van der Waals surface area contributed by atoms with Crippen LogP contribution in [-0.2, 0) is 14.3 Å². The molecule has 18 heavy (non-hydrogen) atoms. The molecule has 0 aromatic carbocycles. The summed E-state index contributed by atoms with van der Waals surface area (Å²) >= 11 is 0. The van der Waals surface area contributed by atoms with Crippen LogP contribution in [-0.4, -0.2) is 37.2 Å². The third-order valence-electron chi connectivity index (χ3n) is 2.22. The van der Waals surface area contributed by atoms with Gasteiger partial charge in [0.2, 0.25) is 0 Å². The Kier molecular flexibility index (Phi) is 5.80. The van der Waals surface area contributed by atoms with E-state index in [4.69, 9.17) is 4.74 Å². The number of carbonyl (C=O) groups is 2. The van der Waals surface area contributed by atoms with Gasteiger partial charge in [0.05, 0.1) is 19.3 Å². The molecule has 5 heteroatoms. The molecule has 0 unspecified atom stereocenters. The van der Waals surface area contributed by atoms with Gasteiger partial charge in [-0.15, -0.1) is 0 Å². The number of ketones is 1. The highest BCUT2D eigenvalue weighted by atomic mass is 16.5. The summed E-state index contributed by atoms with van der Waals surface area (Å²) in [5, 5.41) is 2.51. The minimum Gasteiger partial charge on any atom is -0.453 e. The second-order valence-corrected chi connectivity index (χ2v) is 6.23. The van der Waals surface area contributed by atoms with Crippen LogP contribution in [0.5, 0.6) is 0 Å². The zero-order valence-electron chi connectivity index (χ0n) is 12.4. The first kappa shape index (κ1) is 16.9. The van der Waals surface area contributed by atoms with Crippen LogP contribution in [0.2, 0.25) is 0 Å². The van der Waals surface area contributed by atoms with E-state index in [9.17, 15) is 9.59 Å². The number of amides is 1. The largest absolute Gasteiger partial charge is 0.453 e. The predicted molar refractivity (Wildman–Crippen MR) is 69.5 cm³/mol. The lowest BCUT2D eigenvalue weighted by Crippen LogP contribution is -2.49. The summed E-state index contributed by atoms with van der Waals surface area (Å²) in [6.45, 7) is 11.2. The van der Waals surface area contributed by atoms with Crippen molar-refractivity contribution in [1.82, 2.24) is 5.32 Å². The van der Waals surface area contributed by atoms with Crippen molar-refractivity contribution >= 4 is 11.9 Å². The van der Waals surface area contributed by atoms with Crippen LogP contribution in [0.4, 0.5) is 4.79 Å². The molecule has 0 aliphatic rings. The van der Waals surface area contributed by atoms with Crippen LogP contribution >= 0.6 is 0 Å². The van der Waals surface area contributed by atoms with Crippen molar-refractivity contribution in [3.05, 3.63) is 0 Å². The van der Waals surface area contributed by atoms with Crippen molar-refractivity contribution in [2.75, 3.05) is 13.7 Å². The van der Waals surface area contributed by atoms with E-state index in [1.807, 2.05) is 20.8 Å². The second-order valence-electron chi connectivity index (χ2n) is 6.23. The highest BCUT2D eigenvalue weighted by Gasteiger charge is 2.32. The van der Waals surface area contributed by atoms with E-state index in [2.05, 4.69) is 10.1 Å². The first-order valence-corrected chi connectivity index (χ1v) is 6.00. The van der Waals surface area contributed by atoms with Crippen LogP contribution in [0.1, 0.15) is 41.5 Å². The van der Waals surface area contributed by atoms with E-state index in [1.54, 1.807) is 20.8 Å². The average Bonchev–Trinajstić information content (AvgIpc) is 2.20. The number of carbonyl (C=O) groups excluding carboxylic acids is 2. The molecule has 0 saturated carbocycles. The van der Waals surface area contributed by atoms with Gasteiger partial charge >= 0.3 is 6.09 Å². The van der Waals surface area contributed by atoms with Crippen molar-refractivity contribution in [3.8, 4) is 0 Å². The minimum absolute atomic E-state index is 0.0860. The SMILES string of the molecule is COC(=O)N[C@@H](COC(C)(C)C)C(=O)C(C)(C)C. The summed E-state index contributed by atoms with van der Waals surface area (Å²) in [5.41, 5.74) is -0.916. The van der Waals surface area contributed by atoms with Gasteiger partial charge in [0.25, 0.3) is 0 Å². The van der Waals surface area contributed by atoms with Gasteiger partial charge in [-0.1, -0.05) is 20.8 Å². The standard InChI is InChI=1S/C13H25NO4/c1-12(2,3)10(15)9(14-11(16)17-7)8-18-13(4,5)6/h9H,8H2,1-7H3,(H,14,16)/t9-/m0/s1. The molecule has 1 N–H and O–H groups in total. The van der Waals surface area contributed by atoms with Crippen LogP contribution < -0.4 is 5.32 Å². The topological polar surface area (TPSA) is 64.6 Å². The highest BCUT2D eigenvalue weighted by molar-refractivity contribution is 5.91. The fraction of sp³-hybridized carbons (Fsp3) is 0.846. The van der Waals surface area contributed by atoms with Crippen LogP contribution in [0.3, 0.4) is 0 Å². The first-order valence-electron chi connectivity index (χ1n) is 6.00. The van der Waals surface area contributed by atoms with Gasteiger partial charge in [-0.2, -0.15) is 0 Å². The monoisotopic (exact) mass is 259 g/mol. The Bertz CT molecular complexity index is 299. The third kappa shape index (κ3) is 6.59. The van der Waals surface area contributed by atoms with E-state index in [0.717, 1.165) is 0 Å². The predicted octanol–water partition coefficient (Wildman–Crippen LogP) is 2.14. The Morgan fingerprint density at radius 2 is 1.61 bits per heavy atom. The van der Waals surface area contributed by atoms with E-state index >= 15 is 0 Å². The summed E-state index contributed by atoms with van der Waals surface area (Å²) in [5.74, 6) is -0.0860. The van der Waals surface area contributed by atoms with Crippen molar-refractivity contribution in [2.45, 2.75) is 53.2 Å². The van der Waals surface area contributed by atoms with Gasteiger partial charge in [0.1, 0.15) is 6.04 Å². The van der Waals surface area contributed by atoms with Crippen molar-refractivity contribution in [2.24, 2.45) is 5.41 Å². The Morgan fingerprint density at radius 1 is 1.11 bits per heavy atom. The Balaban J connectivity index is 4.73. The summed E-state index contributed by atoms with van der Waals surface area (Å²) in [7, 11) is 1.26. The zero-order chi connectivity index (χ0) is 14.6. The first-order chi connectivity index (χ1) is 7.97. The molecule has 1 atom stereocenters. The molecule has 0 aliphatic carbocycles. The van der Waals surface area contributed by atoms with Crippen LogP contribution in [0, 0.1) is 5.41 Å². The lowest BCUT2D eigenvalue weighted by Gasteiger charge is -2.28. The number of Topliss-reactive ketones (excluding diaryl/α,β-unsaturated/α-hetero) is 1. The lowest BCUT2D eigenvalue weighted by molar-refractivity contribution is -0.131. The van der Waals surface area contributed by atoms with E-state index in [1.165, 1.54) is 7.11 Å². The maximum absolute atomic E-state index is 12.2. The van der Waals surface area contributed by atoms with Crippen molar-refractivity contribution < 1.29 is 19.1 Å². The molecule has 1 amide bonds. The summed E-state index contributed by atoms with van der Waals surface area (Å²) in [4.78, 5) is 23.4. The average molecular weight is 259 g/mol. The maximum Gasteiger partial charge on any atom is 0.407 e. The number of nitrogens with one attached hydrogen (secondary N) is 1. The maximum atomic E-state index is 12.2. The van der Waals surface area contributed by atoms with Gasteiger partial charge in [-0.3, -0.25) is 4.79 Å². The Morgan fingerprint density at radius 3 is 1.94 bits per heavy atom. The van der Waals surface area contributed by atoms with Gasteiger partial charge in [-0.25, -0.2) is 4.79 Å². The molecule has 0 rings (SSSR count). The summed E-state index contributed by atoms with van der Waals surface area (Å²) in [6.07, 6.45) is -0.630. The fourth-order valence-electron chi connectivity index (χ4n) is 1.24. The van der Waals surface area contributed by atoms with Gasteiger partial charge in [0.15, 0.2) is 5.78 Å². The molecule has 0 aromatic rings. The number of methoxy groups -OCH3 is 1. The number of ether oxygens (including phenoxy) is 2. The number of hydrogen-bond acceptors (Lipinski definition) is 4. The molecule has 0 bridgehead atoms. The number of alkyl carbamates (subject to hydrolysis) is 1. The molecule has 0 aromatic heterocycles. The third-order valence-corrected chi connectivity index (χ3v) is 2.22. The quantitative estimate of drug-likeness (QED) is 0.840. The highest BCUT2D eigenvalue weighted by Crippen LogP contribution is 2.18. The lowest BCUT2D eigenvalue weighted by atomic mass is 9.86. The molecular formula is C13H25NO4. The van der Waals surface area contributed by atoms with Crippen molar-refractivity contribution in [1.29, 1.82) is 0 Å². The molecule has 0 aliphatic heterocycles. The molecular weight excluding hydrogens is 234 g/mol. The van der Waals surface area contributed by atoms with Gasteiger partial charge in [0, 0.05) is 5.41 Å². The van der Waals surface area contributed by atoms with E-state index in [0.29, 0.717) is 0 Å². The van der Waals surface area contributed by atoms with E-state index in [-0.39, 0.29) is 18.0 Å². The van der Waals surface area contributed by atoms with Gasteiger partial charge in [-0.05, 0) is 20.8 Å². The molecule has 0 fully saturated rings. The molecule has 0 saturated heterocycles. The molecule has 0 radical (unpaired) electrons. The van der Waals surface area contributed by atoms with Crippen LogP contribution in [0.15, 0.2) is 0 Å². The summed E-state index contributed by atoms with van der Waals surface area (Å²) in [6, 6.07) is -0.698. The molecule has 0 spiro atoms. The number of hydrogen-bond donors (Lipinski definition) is 1. The molecule has 106 valence electrons. The second kappa shape index (κ2) is 6.18. The van der Waals surface area contributed by atoms with Crippen molar-refractivity contribution in [3.63, 3.8) is 0 Å². The molecule has 0 heterocycles. The zero-order valence-corrected chi connectivity index (χ0v) is 12.4. The Labute approximate surface area is 109 Å². The summed E-state index contributed by atoms with van der Waals surface area (Å²) < 4.78 is 10.1. The minimum atomic E-state index is -0.698. The molecule has 5 nitrogen and oxygen atoms in total. The van der Waals surface area contributed by atoms with Gasteiger partial charge < -0.3 is 14.8 Å². The van der Waals surface area contributed by atoms with Crippen LogP contribution in [0.25, 0.3) is 0 Å².